The second-order valence-electron chi connectivity index (χ2n) is 7.72. The van der Waals surface area contributed by atoms with Crippen LogP contribution >= 0.6 is 11.3 Å². The predicted molar refractivity (Wildman–Crippen MR) is 121 cm³/mol. The van der Waals surface area contributed by atoms with Gasteiger partial charge in [-0.05, 0) is 43.5 Å². The normalized spacial score (nSPS) is 17.9. The number of aliphatic hydroxyl groups is 1. The van der Waals surface area contributed by atoms with Crippen LogP contribution in [0.15, 0.2) is 71.6 Å². The minimum Gasteiger partial charge on any atom is -0.507 e. The van der Waals surface area contributed by atoms with Crippen LogP contribution in [-0.4, -0.2) is 27.8 Å². The first-order valence-electron chi connectivity index (χ1n) is 10.2. The van der Waals surface area contributed by atoms with Gasteiger partial charge in [0.15, 0.2) is 0 Å². The standard InChI is InChI=1S/C25H22FNO4S/c1-15(2)31-17-8-5-7-16(13-17)23(28)21-22(19-10-3-4-11-20(19)26)27(25(30)24(21)29)14-18-9-6-12-32-18/h3-13,15,22,28H,14H2,1-2H3/b23-21-. The second-order valence-corrected chi connectivity index (χ2v) is 8.75. The molecule has 1 aliphatic rings. The highest BCUT2D eigenvalue weighted by molar-refractivity contribution is 7.09. The van der Waals surface area contributed by atoms with E-state index in [1.165, 1.54) is 34.4 Å². The highest BCUT2D eigenvalue weighted by Gasteiger charge is 2.47. The number of ketones is 1. The van der Waals surface area contributed by atoms with E-state index >= 15 is 0 Å². The highest BCUT2D eigenvalue weighted by Crippen LogP contribution is 2.41. The Morgan fingerprint density at radius 2 is 1.91 bits per heavy atom. The molecule has 5 nitrogen and oxygen atoms in total. The molecular formula is C25H22FNO4S. The van der Waals surface area contributed by atoms with Gasteiger partial charge < -0.3 is 14.7 Å². The lowest BCUT2D eigenvalue weighted by molar-refractivity contribution is -0.140. The van der Waals surface area contributed by atoms with E-state index in [2.05, 4.69) is 0 Å². The lowest BCUT2D eigenvalue weighted by atomic mass is 9.95. The van der Waals surface area contributed by atoms with Gasteiger partial charge in [-0.25, -0.2) is 4.39 Å². The van der Waals surface area contributed by atoms with Crippen molar-refractivity contribution in [2.45, 2.75) is 32.5 Å². The minimum absolute atomic E-state index is 0.0813. The molecule has 2 aromatic carbocycles. The SMILES string of the molecule is CC(C)Oc1cccc(/C(O)=C2/C(=O)C(=O)N(Cc3cccs3)C2c2ccccc2F)c1. The van der Waals surface area contributed by atoms with Crippen LogP contribution in [0.2, 0.25) is 0 Å². The number of nitrogens with zero attached hydrogens (tertiary/aromatic N) is 1. The molecule has 32 heavy (non-hydrogen) atoms. The molecule has 1 atom stereocenters. The number of carbonyl (C=O) groups excluding carboxylic acids is 2. The molecule has 1 fully saturated rings. The summed E-state index contributed by atoms with van der Waals surface area (Å²) < 4.78 is 20.5. The van der Waals surface area contributed by atoms with Crippen LogP contribution in [-0.2, 0) is 16.1 Å². The molecule has 2 heterocycles. The number of amides is 1. The van der Waals surface area contributed by atoms with Crippen molar-refractivity contribution in [1.82, 2.24) is 4.90 Å². The average molecular weight is 452 g/mol. The number of ether oxygens (including phenoxy) is 1. The summed E-state index contributed by atoms with van der Waals surface area (Å²) in [5.41, 5.74) is 0.330. The number of Topliss-reactive ketones (excluding diaryl/α,β-unsaturated/α-hetero) is 1. The first-order chi connectivity index (χ1) is 15.4. The Morgan fingerprint density at radius 1 is 1.12 bits per heavy atom. The summed E-state index contributed by atoms with van der Waals surface area (Å²) in [7, 11) is 0. The molecule has 0 aliphatic carbocycles. The van der Waals surface area contributed by atoms with Crippen molar-refractivity contribution in [1.29, 1.82) is 0 Å². The van der Waals surface area contributed by atoms with Gasteiger partial charge in [0.1, 0.15) is 17.3 Å². The molecule has 0 saturated carbocycles. The summed E-state index contributed by atoms with van der Waals surface area (Å²) in [5, 5.41) is 13.0. The maximum Gasteiger partial charge on any atom is 0.295 e. The van der Waals surface area contributed by atoms with Gasteiger partial charge in [-0.2, -0.15) is 0 Å². The second kappa shape index (κ2) is 8.96. The van der Waals surface area contributed by atoms with Gasteiger partial charge in [-0.15, -0.1) is 11.3 Å². The largest absolute Gasteiger partial charge is 0.507 e. The van der Waals surface area contributed by atoms with Gasteiger partial charge >= 0.3 is 0 Å². The number of rotatable bonds is 6. The van der Waals surface area contributed by atoms with Gasteiger partial charge in [0.2, 0.25) is 0 Å². The van der Waals surface area contributed by atoms with Gasteiger partial charge in [0.05, 0.1) is 24.3 Å². The zero-order valence-corrected chi connectivity index (χ0v) is 18.4. The molecular weight excluding hydrogens is 429 g/mol. The molecule has 0 radical (unpaired) electrons. The van der Waals surface area contributed by atoms with Crippen LogP contribution in [0.1, 0.15) is 35.9 Å². The molecule has 1 aliphatic heterocycles. The Morgan fingerprint density at radius 3 is 2.59 bits per heavy atom. The first kappa shape index (κ1) is 21.8. The van der Waals surface area contributed by atoms with Crippen molar-refractivity contribution in [3.05, 3.63) is 93.4 Å². The van der Waals surface area contributed by atoms with E-state index in [-0.39, 0.29) is 29.5 Å². The van der Waals surface area contributed by atoms with Crippen LogP contribution < -0.4 is 4.74 Å². The topological polar surface area (TPSA) is 66.8 Å². The van der Waals surface area contributed by atoms with Gasteiger partial charge in [0, 0.05) is 16.0 Å². The van der Waals surface area contributed by atoms with Crippen molar-refractivity contribution in [2.24, 2.45) is 0 Å². The fourth-order valence-corrected chi connectivity index (χ4v) is 4.48. The van der Waals surface area contributed by atoms with Crippen molar-refractivity contribution in [3.63, 3.8) is 0 Å². The summed E-state index contributed by atoms with van der Waals surface area (Å²) in [6.45, 7) is 3.89. The third-order valence-corrected chi connectivity index (χ3v) is 5.99. The molecule has 0 bridgehead atoms. The van der Waals surface area contributed by atoms with Crippen molar-refractivity contribution in [2.75, 3.05) is 0 Å². The summed E-state index contributed by atoms with van der Waals surface area (Å²) in [5.74, 6) is -2.03. The Labute approximate surface area is 189 Å². The van der Waals surface area contributed by atoms with Crippen molar-refractivity contribution < 1.29 is 23.8 Å². The van der Waals surface area contributed by atoms with Gasteiger partial charge in [0.25, 0.3) is 11.7 Å². The highest BCUT2D eigenvalue weighted by atomic mass is 32.1. The molecule has 1 N–H and O–H groups in total. The number of likely N-dealkylation sites (tertiary alicyclic amines) is 1. The molecule has 1 unspecified atom stereocenters. The van der Waals surface area contributed by atoms with Crippen molar-refractivity contribution >= 4 is 28.8 Å². The summed E-state index contributed by atoms with van der Waals surface area (Å²) in [6, 6.07) is 15.3. The van der Waals surface area contributed by atoms with Crippen LogP contribution in [0.25, 0.3) is 5.76 Å². The molecule has 7 heteroatoms. The van der Waals surface area contributed by atoms with Gasteiger partial charge in [-0.3, -0.25) is 9.59 Å². The monoisotopic (exact) mass is 451 g/mol. The summed E-state index contributed by atoms with van der Waals surface area (Å²) in [4.78, 5) is 28.2. The zero-order valence-electron chi connectivity index (χ0n) is 17.6. The molecule has 4 rings (SSSR count). The van der Waals surface area contributed by atoms with Crippen LogP contribution in [0.3, 0.4) is 0 Å². The smallest absolute Gasteiger partial charge is 0.295 e. The Balaban J connectivity index is 1.86. The van der Waals surface area contributed by atoms with E-state index in [9.17, 15) is 19.1 Å². The number of benzene rings is 2. The molecule has 1 amide bonds. The molecule has 164 valence electrons. The van der Waals surface area contributed by atoms with E-state index in [4.69, 9.17) is 4.74 Å². The third-order valence-electron chi connectivity index (χ3n) is 5.13. The van der Waals surface area contributed by atoms with Crippen LogP contribution in [0, 0.1) is 5.82 Å². The third kappa shape index (κ3) is 4.16. The fraction of sp³-hybridized carbons (Fsp3) is 0.200. The number of hydrogen-bond acceptors (Lipinski definition) is 5. The summed E-state index contributed by atoms with van der Waals surface area (Å²) >= 11 is 1.43. The number of halogens is 1. The lowest BCUT2D eigenvalue weighted by Gasteiger charge is -2.25. The van der Waals surface area contributed by atoms with E-state index in [1.807, 2.05) is 31.4 Å². The lowest BCUT2D eigenvalue weighted by Crippen LogP contribution is -2.29. The zero-order chi connectivity index (χ0) is 22.8. The maximum absolute atomic E-state index is 14.8. The van der Waals surface area contributed by atoms with E-state index in [0.717, 1.165) is 4.88 Å². The molecule has 3 aromatic rings. The number of thiophene rings is 1. The van der Waals surface area contributed by atoms with Gasteiger partial charge in [-0.1, -0.05) is 36.4 Å². The van der Waals surface area contributed by atoms with Crippen molar-refractivity contribution in [3.8, 4) is 5.75 Å². The van der Waals surface area contributed by atoms with Crippen LogP contribution in [0.4, 0.5) is 4.39 Å². The number of carbonyl (C=O) groups is 2. The quantitative estimate of drug-likeness (QED) is 0.314. The van der Waals surface area contributed by atoms with E-state index in [1.54, 1.807) is 30.3 Å². The average Bonchev–Trinajstić information content (AvgIpc) is 3.36. The minimum atomic E-state index is -1.05. The Hall–Kier alpha value is -3.45. The Kier molecular flexibility index (Phi) is 6.10. The number of hydrogen-bond donors (Lipinski definition) is 1. The first-order valence-corrected chi connectivity index (χ1v) is 11.1. The molecule has 1 saturated heterocycles. The summed E-state index contributed by atoms with van der Waals surface area (Å²) in [6.07, 6.45) is -0.0813. The molecule has 1 aromatic heterocycles. The predicted octanol–water partition coefficient (Wildman–Crippen LogP) is 5.30. The van der Waals surface area contributed by atoms with E-state index < -0.39 is 23.5 Å². The maximum atomic E-state index is 14.8. The number of aliphatic hydroxyl groups excluding tert-OH is 1. The fourth-order valence-electron chi connectivity index (χ4n) is 3.78. The Bertz CT molecular complexity index is 1190. The van der Waals surface area contributed by atoms with Crippen LogP contribution in [0.5, 0.6) is 5.75 Å². The molecule has 0 spiro atoms. The van der Waals surface area contributed by atoms with E-state index in [0.29, 0.717) is 11.3 Å².